The van der Waals surface area contributed by atoms with Gasteiger partial charge >= 0.3 is 0 Å². The molecule has 18 heavy (non-hydrogen) atoms. The number of nitrogens with zero attached hydrogens (tertiary/aromatic N) is 1. The number of rotatable bonds is 4. The molecule has 0 spiro atoms. The zero-order valence-corrected chi connectivity index (χ0v) is 12.7. The molecule has 0 aliphatic rings. The lowest BCUT2D eigenvalue weighted by Crippen LogP contribution is -2.03. The van der Waals surface area contributed by atoms with E-state index in [1.54, 1.807) is 12.4 Å². The first kappa shape index (κ1) is 13.4. The Morgan fingerprint density at radius 3 is 2.33 bits per heavy atom. The van der Waals surface area contributed by atoms with E-state index in [4.69, 9.17) is 10.5 Å². The summed E-state index contributed by atoms with van der Waals surface area (Å²) in [5.41, 5.74) is 7.62. The Labute approximate surface area is 123 Å². The molecule has 1 aromatic carbocycles. The lowest BCUT2D eigenvalue weighted by atomic mass is 10.2. The summed E-state index contributed by atoms with van der Waals surface area (Å²) in [7, 11) is 0. The summed E-state index contributed by atoms with van der Waals surface area (Å²) in [5, 5.41) is 0. The fraction of sp³-hybridized carbons (Fsp3) is 0.154. The van der Waals surface area contributed by atoms with E-state index in [-0.39, 0.29) is 0 Å². The van der Waals surface area contributed by atoms with Crippen molar-refractivity contribution in [2.45, 2.75) is 6.42 Å². The average Bonchev–Trinajstić information content (AvgIpc) is 2.34. The maximum atomic E-state index is 5.76. The smallest absolute Gasteiger partial charge is 0.147 e. The molecule has 0 atom stereocenters. The van der Waals surface area contributed by atoms with Gasteiger partial charge in [0.15, 0.2) is 0 Å². The number of anilines is 1. The molecule has 1 aromatic heterocycles. The van der Waals surface area contributed by atoms with Crippen molar-refractivity contribution in [1.82, 2.24) is 4.98 Å². The number of nitrogens with two attached hydrogens (primary N) is 1. The van der Waals surface area contributed by atoms with Gasteiger partial charge in [0.2, 0.25) is 0 Å². The van der Waals surface area contributed by atoms with Crippen LogP contribution in [-0.2, 0) is 6.42 Å². The van der Waals surface area contributed by atoms with Gasteiger partial charge in [-0.3, -0.25) is 4.98 Å². The Hall–Kier alpha value is -1.07. The minimum atomic E-state index is 0.602. The van der Waals surface area contributed by atoms with E-state index in [0.717, 1.165) is 21.1 Å². The first-order valence-electron chi connectivity index (χ1n) is 5.43. The third kappa shape index (κ3) is 3.46. The average molecular weight is 372 g/mol. The fourth-order valence-electron chi connectivity index (χ4n) is 1.54. The van der Waals surface area contributed by atoms with Gasteiger partial charge in [-0.05, 0) is 61.7 Å². The fourth-order valence-corrected chi connectivity index (χ4v) is 2.99. The van der Waals surface area contributed by atoms with Crippen LogP contribution in [0, 0.1) is 0 Å². The number of hydrogen-bond donors (Lipinski definition) is 1. The Bertz CT molecular complexity index is 509. The van der Waals surface area contributed by atoms with E-state index in [0.29, 0.717) is 12.3 Å². The van der Waals surface area contributed by atoms with Crippen molar-refractivity contribution >= 4 is 37.5 Å². The van der Waals surface area contributed by atoms with E-state index < -0.39 is 0 Å². The summed E-state index contributed by atoms with van der Waals surface area (Å²) in [5.74, 6) is 0.776. The largest absolute Gasteiger partial charge is 0.491 e. The second-order valence-corrected chi connectivity index (χ2v) is 5.48. The van der Waals surface area contributed by atoms with Crippen LogP contribution in [0.25, 0.3) is 0 Å². The van der Waals surface area contributed by atoms with Crippen LogP contribution in [0.5, 0.6) is 5.75 Å². The Balaban J connectivity index is 1.99. The summed E-state index contributed by atoms with van der Waals surface area (Å²) >= 11 is 6.88. The van der Waals surface area contributed by atoms with Crippen LogP contribution >= 0.6 is 31.9 Å². The third-order valence-corrected chi connectivity index (χ3v) is 3.59. The first-order valence-corrected chi connectivity index (χ1v) is 7.01. The van der Waals surface area contributed by atoms with Gasteiger partial charge in [0.25, 0.3) is 0 Å². The number of aromatic nitrogens is 1. The normalized spacial score (nSPS) is 10.3. The lowest BCUT2D eigenvalue weighted by molar-refractivity contribution is 0.318. The zero-order chi connectivity index (χ0) is 13.0. The van der Waals surface area contributed by atoms with Crippen molar-refractivity contribution in [3.63, 3.8) is 0 Å². The van der Waals surface area contributed by atoms with Gasteiger partial charge in [0.05, 0.1) is 15.6 Å². The van der Waals surface area contributed by atoms with Gasteiger partial charge in [0.1, 0.15) is 5.75 Å². The molecule has 2 N–H and O–H groups in total. The molecule has 0 unspecified atom stereocenters. The molecule has 0 radical (unpaired) electrons. The summed E-state index contributed by atoms with van der Waals surface area (Å²) in [6.45, 7) is 0.602. The molecule has 5 heteroatoms. The van der Waals surface area contributed by atoms with Gasteiger partial charge in [-0.15, -0.1) is 0 Å². The highest BCUT2D eigenvalue weighted by Gasteiger charge is 2.07. The first-order chi connectivity index (χ1) is 8.66. The highest BCUT2D eigenvalue weighted by atomic mass is 79.9. The third-order valence-electron chi connectivity index (χ3n) is 2.41. The quantitative estimate of drug-likeness (QED) is 0.831. The van der Waals surface area contributed by atoms with E-state index in [9.17, 15) is 0 Å². The molecule has 0 saturated heterocycles. The maximum Gasteiger partial charge on any atom is 0.147 e. The molecule has 2 rings (SSSR count). The summed E-state index contributed by atoms with van der Waals surface area (Å²) in [4.78, 5) is 3.98. The van der Waals surface area contributed by atoms with Crippen LogP contribution in [0.1, 0.15) is 5.56 Å². The van der Waals surface area contributed by atoms with Crippen molar-refractivity contribution < 1.29 is 4.74 Å². The van der Waals surface area contributed by atoms with E-state index >= 15 is 0 Å². The second kappa shape index (κ2) is 6.20. The van der Waals surface area contributed by atoms with Gasteiger partial charge in [-0.2, -0.15) is 0 Å². The van der Waals surface area contributed by atoms with Crippen LogP contribution in [-0.4, -0.2) is 11.6 Å². The molecule has 0 fully saturated rings. The van der Waals surface area contributed by atoms with Crippen LogP contribution in [0.2, 0.25) is 0 Å². The molecule has 0 saturated carbocycles. The minimum absolute atomic E-state index is 0.602. The van der Waals surface area contributed by atoms with Gasteiger partial charge in [0, 0.05) is 24.5 Å². The summed E-state index contributed by atoms with van der Waals surface area (Å²) in [6, 6.07) is 7.62. The number of halogens is 2. The molecule has 0 aliphatic heterocycles. The molecular formula is C13H12Br2N2O. The van der Waals surface area contributed by atoms with Crippen LogP contribution in [0.3, 0.4) is 0 Å². The zero-order valence-electron chi connectivity index (χ0n) is 9.57. The Morgan fingerprint density at radius 1 is 1.11 bits per heavy atom. The predicted octanol–water partition coefficient (Wildman–Crippen LogP) is 3.81. The second-order valence-electron chi connectivity index (χ2n) is 3.77. The molecule has 94 valence electrons. The standard InChI is InChI=1S/C13H12Br2N2O/c14-11-7-10(16)8-12(15)13(11)18-6-3-9-1-4-17-5-2-9/h1-2,4-5,7-8H,3,6,16H2. The predicted molar refractivity (Wildman–Crippen MR) is 79.7 cm³/mol. The number of pyridine rings is 1. The molecule has 0 aliphatic carbocycles. The van der Waals surface area contributed by atoms with E-state index in [2.05, 4.69) is 36.8 Å². The summed E-state index contributed by atoms with van der Waals surface area (Å²) < 4.78 is 7.46. The lowest BCUT2D eigenvalue weighted by Gasteiger charge is -2.11. The maximum absolute atomic E-state index is 5.76. The van der Waals surface area contributed by atoms with Gasteiger partial charge in [-0.25, -0.2) is 0 Å². The molecule has 1 heterocycles. The number of nitrogen functional groups attached to an aromatic ring is 1. The Kier molecular flexibility index (Phi) is 4.60. The topological polar surface area (TPSA) is 48.1 Å². The van der Waals surface area contributed by atoms with Crippen molar-refractivity contribution in [3.05, 3.63) is 51.2 Å². The van der Waals surface area contributed by atoms with Crippen LogP contribution in [0.4, 0.5) is 5.69 Å². The summed E-state index contributed by atoms with van der Waals surface area (Å²) in [6.07, 6.45) is 4.40. The van der Waals surface area contributed by atoms with Crippen LogP contribution in [0.15, 0.2) is 45.6 Å². The van der Waals surface area contributed by atoms with Crippen molar-refractivity contribution in [2.75, 3.05) is 12.3 Å². The Morgan fingerprint density at radius 2 is 1.72 bits per heavy atom. The monoisotopic (exact) mass is 370 g/mol. The molecule has 0 amide bonds. The SMILES string of the molecule is Nc1cc(Br)c(OCCc2ccncc2)c(Br)c1. The highest BCUT2D eigenvalue weighted by Crippen LogP contribution is 2.35. The molecular weight excluding hydrogens is 360 g/mol. The number of ether oxygens (including phenoxy) is 1. The van der Waals surface area contributed by atoms with Gasteiger partial charge < -0.3 is 10.5 Å². The van der Waals surface area contributed by atoms with E-state index in [1.807, 2.05) is 24.3 Å². The van der Waals surface area contributed by atoms with Crippen molar-refractivity contribution in [3.8, 4) is 5.75 Å². The van der Waals surface area contributed by atoms with E-state index in [1.165, 1.54) is 5.56 Å². The number of hydrogen-bond acceptors (Lipinski definition) is 3. The van der Waals surface area contributed by atoms with Crippen LogP contribution < -0.4 is 10.5 Å². The molecule has 3 nitrogen and oxygen atoms in total. The number of benzene rings is 1. The highest BCUT2D eigenvalue weighted by molar-refractivity contribution is 9.11. The minimum Gasteiger partial charge on any atom is -0.491 e. The van der Waals surface area contributed by atoms with Crippen molar-refractivity contribution in [2.24, 2.45) is 0 Å². The molecule has 0 bridgehead atoms. The van der Waals surface area contributed by atoms with Gasteiger partial charge in [-0.1, -0.05) is 0 Å². The van der Waals surface area contributed by atoms with Crippen molar-refractivity contribution in [1.29, 1.82) is 0 Å². The molecule has 2 aromatic rings.